The van der Waals surface area contributed by atoms with Gasteiger partial charge in [0.25, 0.3) is 0 Å². The first-order chi connectivity index (χ1) is 19.3. The second-order valence-corrected chi connectivity index (χ2v) is 11.0. The van der Waals surface area contributed by atoms with Crippen molar-refractivity contribution in [3.05, 3.63) is 33.9 Å². The van der Waals surface area contributed by atoms with Crippen molar-refractivity contribution in [2.24, 2.45) is 0 Å². The van der Waals surface area contributed by atoms with E-state index >= 15 is 0 Å². The number of unbranched alkanes of at least 4 members (excludes halogenated alkanes) is 20. The summed E-state index contributed by atoms with van der Waals surface area (Å²) in [5.74, 6) is 0.843. The van der Waals surface area contributed by atoms with Crippen molar-refractivity contribution < 1.29 is 24.0 Å². The van der Waals surface area contributed by atoms with Gasteiger partial charge in [-0.3, -0.25) is 4.79 Å². The van der Waals surface area contributed by atoms with Crippen molar-refractivity contribution in [2.75, 3.05) is 13.2 Å². The molecule has 0 fully saturated rings. The van der Waals surface area contributed by atoms with Gasteiger partial charge in [-0.1, -0.05) is 142 Å². The predicted molar refractivity (Wildman–Crippen MR) is 159 cm³/mol. The summed E-state index contributed by atoms with van der Waals surface area (Å²) in [6, 6.07) is 2.84. The smallest absolute Gasteiger partial charge is 0.185 e. The molecule has 0 aliphatic carbocycles. The van der Waals surface area contributed by atoms with Gasteiger partial charge in [0.15, 0.2) is 5.43 Å². The molecule has 0 spiro atoms. The molecule has 6 heteroatoms. The van der Waals surface area contributed by atoms with Crippen molar-refractivity contribution in [3.63, 3.8) is 0 Å². The Bertz CT molecular complexity index is 636. The van der Waals surface area contributed by atoms with E-state index in [9.17, 15) is 4.79 Å². The monoisotopic (exact) mass is 552 g/mol. The van der Waals surface area contributed by atoms with Crippen LogP contribution in [-0.2, 0) is 32.8 Å². The van der Waals surface area contributed by atoms with Gasteiger partial charge in [0.2, 0.25) is 0 Å². The minimum absolute atomic E-state index is 0.0979. The van der Waals surface area contributed by atoms with E-state index in [1.165, 1.54) is 128 Å². The topological polar surface area (TPSA) is 67.1 Å². The standard InChI is InChI=1S/C33H60O6/c1-3-5-7-9-11-13-15-17-19-21-23-25-35-37-29-32-27-31(34)28-33(39-32)30-38-36-26-24-22-20-18-16-14-12-10-8-6-4-2/h27-28H,3-26,29-30H2,1-2H3. The zero-order valence-electron chi connectivity index (χ0n) is 25.5. The predicted octanol–water partition coefficient (Wildman–Crippen LogP) is 10.2. The van der Waals surface area contributed by atoms with Crippen LogP contribution >= 0.6 is 0 Å². The second kappa shape index (κ2) is 28.3. The van der Waals surface area contributed by atoms with Crippen LogP contribution in [0.15, 0.2) is 21.3 Å². The maximum Gasteiger partial charge on any atom is 0.185 e. The van der Waals surface area contributed by atoms with Gasteiger partial charge in [-0.2, -0.15) is 0 Å². The van der Waals surface area contributed by atoms with Crippen molar-refractivity contribution in [3.8, 4) is 0 Å². The molecule has 0 aliphatic rings. The third kappa shape index (κ3) is 24.3. The Kier molecular flexibility index (Phi) is 26.0. The van der Waals surface area contributed by atoms with E-state index in [1.54, 1.807) is 0 Å². The molecule has 0 saturated heterocycles. The van der Waals surface area contributed by atoms with Gasteiger partial charge in [0.1, 0.15) is 24.7 Å². The zero-order valence-corrected chi connectivity index (χ0v) is 25.5. The van der Waals surface area contributed by atoms with E-state index in [0.29, 0.717) is 24.7 Å². The van der Waals surface area contributed by atoms with Crippen LogP contribution in [0.4, 0.5) is 0 Å². The molecule has 1 rings (SSSR count). The molecule has 1 heterocycles. The van der Waals surface area contributed by atoms with E-state index in [2.05, 4.69) is 13.8 Å². The van der Waals surface area contributed by atoms with Crippen LogP contribution in [0.2, 0.25) is 0 Å². The molecule has 0 amide bonds. The SMILES string of the molecule is CCCCCCCCCCCCCOOCc1cc(=O)cc(COOCCCCCCCCCCCCC)o1. The molecular formula is C33H60O6. The first kappa shape index (κ1) is 35.8. The highest BCUT2D eigenvalue weighted by molar-refractivity contribution is 5.05. The molecule has 0 atom stereocenters. The fraction of sp³-hybridized carbons (Fsp3) is 0.848. The van der Waals surface area contributed by atoms with Gasteiger partial charge in [-0.15, -0.1) is 0 Å². The average Bonchev–Trinajstić information content (AvgIpc) is 2.93. The van der Waals surface area contributed by atoms with Crippen molar-refractivity contribution >= 4 is 0 Å². The summed E-state index contributed by atoms with van der Waals surface area (Å²) in [5.41, 5.74) is -0.144. The Morgan fingerprint density at radius 3 is 1.10 bits per heavy atom. The average molecular weight is 553 g/mol. The quantitative estimate of drug-likeness (QED) is 0.0537. The molecule has 0 bridgehead atoms. The van der Waals surface area contributed by atoms with Crippen LogP contribution in [0.5, 0.6) is 0 Å². The molecule has 0 radical (unpaired) electrons. The molecular weight excluding hydrogens is 492 g/mol. The van der Waals surface area contributed by atoms with Crippen LogP contribution in [-0.4, -0.2) is 13.2 Å². The molecule has 0 aromatic carbocycles. The zero-order chi connectivity index (χ0) is 28.1. The van der Waals surface area contributed by atoms with Gasteiger partial charge >= 0.3 is 0 Å². The Morgan fingerprint density at radius 1 is 0.462 bits per heavy atom. The Balaban J connectivity index is 1.95. The van der Waals surface area contributed by atoms with Crippen LogP contribution in [0, 0.1) is 0 Å². The van der Waals surface area contributed by atoms with E-state index < -0.39 is 0 Å². The van der Waals surface area contributed by atoms with Crippen molar-refractivity contribution in [2.45, 2.75) is 168 Å². The van der Waals surface area contributed by atoms with Crippen LogP contribution in [0.25, 0.3) is 0 Å². The lowest BCUT2D eigenvalue weighted by Gasteiger charge is -2.07. The molecule has 228 valence electrons. The van der Waals surface area contributed by atoms with Crippen LogP contribution < -0.4 is 5.43 Å². The van der Waals surface area contributed by atoms with Crippen LogP contribution in [0.1, 0.15) is 167 Å². The number of hydrogen-bond donors (Lipinski definition) is 0. The van der Waals surface area contributed by atoms with Crippen LogP contribution in [0.3, 0.4) is 0 Å². The number of hydrogen-bond acceptors (Lipinski definition) is 6. The first-order valence-corrected chi connectivity index (χ1v) is 16.4. The largest absolute Gasteiger partial charge is 0.461 e. The lowest BCUT2D eigenvalue weighted by atomic mass is 10.1. The first-order valence-electron chi connectivity index (χ1n) is 16.4. The van der Waals surface area contributed by atoms with Gasteiger partial charge in [0, 0.05) is 12.1 Å². The Labute approximate surface area is 239 Å². The molecule has 0 unspecified atom stereocenters. The van der Waals surface area contributed by atoms with E-state index in [-0.39, 0.29) is 18.6 Å². The highest BCUT2D eigenvalue weighted by Crippen LogP contribution is 2.13. The minimum Gasteiger partial charge on any atom is -0.461 e. The molecule has 6 nitrogen and oxygen atoms in total. The third-order valence-electron chi connectivity index (χ3n) is 7.10. The van der Waals surface area contributed by atoms with Crippen molar-refractivity contribution in [1.82, 2.24) is 0 Å². The van der Waals surface area contributed by atoms with Gasteiger partial charge in [-0.25, -0.2) is 19.6 Å². The third-order valence-corrected chi connectivity index (χ3v) is 7.10. The van der Waals surface area contributed by atoms with Gasteiger partial charge in [0.05, 0.1) is 13.2 Å². The fourth-order valence-corrected chi connectivity index (χ4v) is 4.70. The Hall–Kier alpha value is -1.21. The summed E-state index contributed by atoms with van der Waals surface area (Å²) in [4.78, 5) is 33.0. The summed E-state index contributed by atoms with van der Waals surface area (Å²) >= 11 is 0. The van der Waals surface area contributed by atoms with E-state index in [1.807, 2.05) is 0 Å². The van der Waals surface area contributed by atoms with E-state index in [0.717, 1.165) is 25.7 Å². The lowest BCUT2D eigenvalue weighted by molar-refractivity contribution is -0.310. The summed E-state index contributed by atoms with van der Waals surface area (Å²) in [6.45, 7) is 5.82. The van der Waals surface area contributed by atoms with E-state index in [4.69, 9.17) is 24.0 Å². The molecule has 39 heavy (non-hydrogen) atoms. The molecule has 0 aliphatic heterocycles. The molecule has 1 aromatic heterocycles. The molecule has 0 N–H and O–H groups in total. The normalized spacial score (nSPS) is 11.4. The van der Waals surface area contributed by atoms with Gasteiger partial charge < -0.3 is 4.42 Å². The Morgan fingerprint density at radius 2 is 0.769 bits per heavy atom. The highest BCUT2D eigenvalue weighted by Gasteiger charge is 2.05. The second-order valence-electron chi connectivity index (χ2n) is 11.0. The summed E-state index contributed by atoms with van der Waals surface area (Å²) in [6.07, 6.45) is 28.5. The molecule has 0 saturated carbocycles. The van der Waals surface area contributed by atoms with Crippen molar-refractivity contribution in [1.29, 1.82) is 0 Å². The maximum absolute atomic E-state index is 12.0. The van der Waals surface area contributed by atoms with Gasteiger partial charge in [-0.05, 0) is 12.8 Å². The fourth-order valence-electron chi connectivity index (χ4n) is 4.70. The summed E-state index contributed by atoms with van der Waals surface area (Å²) in [5, 5.41) is 0. The summed E-state index contributed by atoms with van der Waals surface area (Å²) < 4.78 is 5.68. The maximum atomic E-state index is 12.0. The lowest BCUT2D eigenvalue weighted by Crippen LogP contribution is -2.06. The summed E-state index contributed by atoms with van der Waals surface area (Å²) in [7, 11) is 0. The molecule has 1 aromatic rings. The minimum atomic E-state index is -0.144. The highest BCUT2D eigenvalue weighted by atomic mass is 17.2. The number of rotatable bonds is 30.